The number of aryl methyl sites for hydroxylation is 1. The van der Waals surface area contributed by atoms with Crippen molar-refractivity contribution < 1.29 is 18.0 Å². The van der Waals surface area contributed by atoms with Gasteiger partial charge in [-0.25, -0.2) is 0 Å². The van der Waals surface area contributed by atoms with Crippen LogP contribution in [0.3, 0.4) is 0 Å². The molecule has 5 rings (SSSR count). The SMILES string of the molecule is Cn1nccc1-c1ccc2c(=O)n(Cc3cccc(C(=O)NC4CCN(CC(F)(F)F)CC4)c3)ccc2c1. The van der Waals surface area contributed by atoms with E-state index in [1.54, 1.807) is 39.8 Å². The summed E-state index contributed by atoms with van der Waals surface area (Å²) in [4.78, 5) is 27.4. The third-order valence-corrected chi connectivity index (χ3v) is 6.96. The summed E-state index contributed by atoms with van der Waals surface area (Å²) in [5.74, 6) is -0.269. The van der Waals surface area contributed by atoms with Gasteiger partial charge in [-0.15, -0.1) is 0 Å². The summed E-state index contributed by atoms with van der Waals surface area (Å²) in [6.07, 6.45) is 0.200. The molecule has 1 N–H and O–H groups in total. The molecule has 2 aromatic carbocycles. The second-order valence-electron chi connectivity index (χ2n) is 9.73. The maximum Gasteiger partial charge on any atom is 0.401 e. The highest BCUT2D eigenvalue weighted by Crippen LogP contribution is 2.23. The molecule has 0 aliphatic carbocycles. The number of pyridine rings is 1. The first-order valence-corrected chi connectivity index (χ1v) is 12.5. The number of amides is 1. The normalized spacial score (nSPS) is 15.2. The van der Waals surface area contributed by atoms with Crippen LogP contribution >= 0.6 is 0 Å². The van der Waals surface area contributed by atoms with Gasteiger partial charge < -0.3 is 9.88 Å². The molecule has 3 heterocycles. The molecule has 38 heavy (non-hydrogen) atoms. The van der Waals surface area contributed by atoms with E-state index < -0.39 is 12.7 Å². The molecular formula is C28H28F3N5O2. The Morgan fingerprint density at radius 1 is 1.08 bits per heavy atom. The Morgan fingerprint density at radius 3 is 2.58 bits per heavy atom. The fourth-order valence-electron chi connectivity index (χ4n) is 4.99. The van der Waals surface area contributed by atoms with Crippen LogP contribution in [-0.2, 0) is 13.6 Å². The van der Waals surface area contributed by atoms with Crippen LogP contribution in [0.1, 0.15) is 28.8 Å². The minimum Gasteiger partial charge on any atom is -0.349 e. The van der Waals surface area contributed by atoms with Crippen LogP contribution < -0.4 is 10.9 Å². The van der Waals surface area contributed by atoms with Gasteiger partial charge in [0.25, 0.3) is 11.5 Å². The van der Waals surface area contributed by atoms with Gasteiger partial charge in [0.05, 0.1) is 18.8 Å². The number of carbonyl (C=O) groups excluding carboxylic acids is 1. The number of hydrogen-bond acceptors (Lipinski definition) is 4. The summed E-state index contributed by atoms with van der Waals surface area (Å²) < 4.78 is 41.2. The number of fused-ring (bicyclic) bond motifs is 1. The number of alkyl halides is 3. The largest absolute Gasteiger partial charge is 0.401 e. The minimum atomic E-state index is -4.22. The number of rotatable bonds is 6. The number of piperidine rings is 1. The van der Waals surface area contributed by atoms with Gasteiger partial charge in [0.1, 0.15) is 0 Å². The highest BCUT2D eigenvalue weighted by Gasteiger charge is 2.32. The Hall–Kier alpha value is -3.92. The molecule has 1 aliphatic rings. The van der Waals surface area contributed by atoms with E-state index in [4.69, 9.17) is 0 Å². The van der Waals surface area contributed by atoms with E-state index in [9.17, 15) is 22.8 Å². The Balaban J connectivity index is 1.26. The van der Waals surface area contributed by atoms with E-state index in [1.165, 1.54) is 4.90 Å². The van der Waals surface area contributed by atoms with Gasteiger partial charge in [0.15, 0.2) is 0 Å². The van der Waals surface area contributed by atoms with E-state index >= 15 is 0 Å². The Kier molecular flexibility index (Phi) is 7.07. The topological polar surface area (TPSA) is 72.2 Å². The fraction of sp³-hybridized carbons (Fsp3) is 0.321. The van der Waals surface area contributed by atoms with Crippen molar-refractivity contribution in [3.05, 3.63) is 88.5 Å². The van der Waals surface area contributed by atoms with Crippen LogP contribution in [0.4, 0.5) is 13.2 Å². The number of likely N-dealkylation sites (tertiary alicyclic amines) is 1. The van der Waals surface area contributed by atoms with Crippen molar-refractivity contribution in [2.75, 3.05) is 19.6 Å². The molecule has 0 saturated carbocycles. The number of halogens is 3. The zero-order valence-corrected chi connectivity index (χ0v) is 20.9. The van der Waals surface area contributed by atoms with Gasteiger partial charge >= 0.3 is 6.18 Å². The van der Waals surface area contributed by atoms with E-state index in [0.29, 0.717) is 43.4 Å². The first-order chi connectivity index (χ1) is 18.2. The van der Waals surface area contributed by atoms with Crippen molar-refractivity contribution in [3.63, 3.8) is 0 Å². The number of hydrogen-bond donors (Lipinski definition) is 1. The van der Waals surface area contributed by atoms with Crippen molar-refractivity contribution in [2.24, 2.45) is 7.05 Å². The summed E-state index contributed by atoms with van der Waals surface area (Å²) in [6, 6.07) is 16.4. The van der Waals surface area contributed by atoms with Crippen molar-refractivity contribution in [2.45, 2.75) is 31.6 Å². The molecule has 7 nitrogen and oxygen atoms in total. The average molecular weight is 524 g/mol. The number of carbonyl (C=O) groups is 1. The molecule has 1 fully saturated rings. The molecule has 4 aromatic rings. The van der Waals surface area contributed by atoms with Crippen LogP contribution in [0.15, 0.2) is 71.8 Å². The molecule has 0 radical (unpaired) electrons. The van der Waals surface area contributed by atoms with E-state index in [-0.39, 0.29) is 17.5 Å². The molecule has 198 valence electrons. The molecule has 0 bridgehead atoms. The predicted octanol–water partition coefficient (Wildman–Crippen LogP) is 4.21. The predicted molar refractivity (Wildman–Crippen MR) is 139 cm³/mol. The first kappa shape index (κ1) is 25.7. The summed E-state index contributed by atoms with van der Waals surface area (Å²) in [7, 11) is 1.87. The standard InChI is InChI=1S/C28H28F3N5O2/c1-34-25(7-11-32-34)21-5-6-24-20(16-21)8-14-36(27(24)38)17-19-3-2-4-22(15-19)26(37)33-23-9-12-35(13-10-23)18-28(29,30)31/h2-8,11,14-16,23H,9-10,12-13,17-18H2,1H3,(H,33,37). The van der Waals surface area contributed by atoms with Crippen molar-refractivity contribution in [1.29, 1.82) is 0 Å². The summed E-state index contributed by atoms with van der Waals surface area (Å²) in [5, 5.41) is 8.58. The molecule has 0 spiro atoms. The highest BCUT2D eigenvalue weighted by molar-refractivity contribution is 5.94. The fourth-order valence-corrected chi connectivity index (χ4v) is 4.99. The molecule has 0 atom stereocenters. The Labute approximate surface area is 217 Å². The number of nitrogens with zero attached hydrogens (tertiary/aromatic N) is 4. The number of benzene rings is 2. The Bertz CT molecular complexity index is 1520. The van der Waals surface area contributed by atoms with Crippen LogP contribution in [0, 0.1) is 0 Å². The average Bonchev–Trinajstić information content (AvgIpc) is 3.32. The van der Waals surface area contributed by atoms with Crippen LogP contribution in [0.25, 0.3) is 22.0 Å². The minimum absolute atomic E-state index is 0.125. The zero-order chi connectivity index (χ0) is 26.9. The smallest absolute Gasteiger partial charge is 0.349 e. The van der Waals surface area contributed by atoms with Crippen LogP contribution in [-0.4, -0.2) is 57.0 Å². The number of aromatic nitrogens is 3. The highest BCUT2D eigenvalue weighted by atomic mass is 19.4. The third kappa shape index (κ3) is 5.80. The van der Waals surface area contributed by atoms with E-state index in [2.05, 4.69) is 10.4 Å². The van der Waals surface area contributed by atoms with Gasteiger partial charge in [0, 0.05) is 55.1 Å². The summed E-state index contributed by atoms with van der Waals surface area (Å²) in [6.45, 7) is -0.0392. The van der Waals surface area contributed by atoms with E-state index in [1.807, 2.05) is 43.4 Å². The van der Waals surface area contributed by atoms with Crippen LogP contribution in [0.2, 0.25) is 0 Å². The molecular weight excluding hydrogens is 495 g/mol. The van der Waals surface area contributed by atoms with Gasteiger partial charge in [-0.1, -0.05) is 18.2 Å². The second kappa shape index (κ2) is 10.4. The van der Waals surface area contributed by atoms with Crippen molar-refractivity contribution >= 4 is 16.7 Å². The quantitative estimate of drug-likeness (QED) is 0.411. The van der Waals surface area contributed by atoms with Crippen molar-refractivity contribution in [1.82, 2.24) is 24.6 Å². The molecule has 1 saturated heterocycles. The molecule has 0 unspecified atom stereocenters. The monoisotopic (exact) mass is 523 g/mol. The maximum absolute atomic E-state index is 13.2. The first-order valence-electron chi connectivity index (χ1n) is 12.5. The molecule has 2 aromatic heterocycles. The number of nitrogens with one attached hydrogen (secondary N) is 1. The van der Waals surface area contributed by atoms with E-state index in [0.717, 1.165) is 22.2 Å². The maximum atomic E-state index is 13.2. The summed E-state index contributed by atoms with van der Waals surface area (Å²) >= 11 is 0. The lowest BCUT2D eigenvalue weighted by Crippen LogP contribution is -2.47. The lowest BCUT2D eigenvalue weighted by Gasteiger charge is -2.32. The molecule has 1 amide bonds. The zero-order valence-electron chi connectivity index (χ0n) is 20.9. The lowest BCUT2D eigenvalue weighted by atomic mass is 10.0. The second-order valence-corrected chi connectivity index (χ2v) is 9.73. The van der Waals surface area contributed by atoms with Gasteiger partial charge in [0.2, 0.25) is 0 Å². The van der Waals surface area contributed by atoms with Gasteiger partial charge in [-0.2, -0.15) is 18.3 Å². The van der Waals surface area contributed by atoms with Gasteiger partial charge in [-0.3, -0.25) is 19.2 Å². The summed E-state index contributed by atoms with van der Waals surface area (Å²) in [5.41, 5.74) is 3.05. The lowest BCUT2D eigenvalue weighted by molar-refractivity contribution is -0.148. The van der Waals surface area contributed by atoms with Crippen molar-refractivity contribution in [3.8, 4) is 11.3 Å². The third-order valence-electron chi connectivity index (χ3n) is 6.96. The molecule has 1 aliphatic heterocycles. The molecule has 10 heteroatoms. The Morgan fingerprint density at radius 2 is 1.87 bits per heavy atom. The van der Waals surface area contributed by atoms with Crippen LogP contribution in [0.5, 0.6) is 0 Å². The van der Waals surface area contributed by atoms with Gasteiger partial charge in [-0.05, 0) is 60.2 Å².